The van der Waals surface area contributed by atoms with Crippen molar-refractivity contribution in [2.75, 3.05) is 20.3 Å². The van der Waals surface area contributed by atoms with E-state index in [-0.39, 0.29) is 12.1 Å². The van der Waals surface area contributed by atoms with E-state index in [1.165, 1.54) is 0 Å². The smallest absolute Gasteiger partial charge is 0.175 e. The van der Waals surface area contributed by atoms with Crippen LogP contribution in [0.2, 0.25) is 0 Å². The molecule has 0 spiro atoms. The lowest BCUT2D eigenvalue weighted by Gasteiger charge is -2.18. The first-order chi connectivity index (χ1) is 9.63. The van der Waals surface area contributed by atoms with E-state index in [0.717, 1.165) is 47.4 Å². The minimum Gasteiger partial charge on any atom is -0.493 e. The molecule has 1 aliphatic heterocycles. The molecule has 1 aromatic rings. The van der Waals surface area contributed by atoms with Gasteiger partial charge in [-0.25, -0.2) is 0 Å². The van der Waals surface area contributed by atoms with Gasteiger partial charge in [0.15, 0.2) is 11.5 Å². The predicted octanol–water partition coefficient (Wildman–Crippen LogP) is 2.91. The number of ether oxygens (including phenoxy) is 3. The molecule has 2 rings (SSSR count). The van der Waals surface area contributed by atoms with Gasteiger partial charge < -0.3 is 19.9 Å². The van der Waals surface area contributed by atoms with Gasteiger partial charge >= 0.3 is 0 Å². The standard InChI is InChI=1S/C15H22BrNO3/c1-3-11(17)6-10-7-13(16)15(14(8-10)18-2)20-12-4-5-19-9-12/h7-8,11-12H,3-6,9,17H2,1-2H3. The van der Waals surface area contributed by atoms with Gasteiger partial charge in [-0.05, 0) is 46.5 Å². The Morgan fingerprint density at radius 2 is 2.30 bits per heavy atom. The average molecular weight is 344 g/mol. The lowest BCUT2D eigenvalue weighted by molar-refractivity contribution is 0.138. The molecule has 1 fully saturated rings. The lowest BCUT2D eigenvalue weighted by Crippen LogP contribution is -2.21. The van der Waals surface area contributed by atoms with E-state index >= 15 is 0 Å². The number of rotatable bonds is 6. The SMILES string of the molecule is CCC(N)Cc1cc(Br)c(OC2CCOC2)c(OC)c1. The van der Waals surface area contributed by atoms with Crippen LogP contribution in [0.25, 0.3) is 0 Å². The molecule has 1 saturated heterocycles. The van der Waals surface area contributed by atoms with Gasteiger partial charge in [-0.15, -0.1) is 0 Å². The molecule has 0 radical (unpaired) electrons. The number of hydrogen-bond acceptors (Lipinski definition) is 4. The first-order valence-corrected chi connectivity index (χ1v) is 7.79. The van der Waals surface area contributed by atoms with E-state index in [4.69, 9.17) is 19.9 Å². The molecule has 1 aliphatic rings. The summed E-state index contributed by atoms with van der Waals surface area (Å²) in [6, 6.07) is 4.23. The van der Waals surface area contributed by atoms with Gasteiger partial charge in [-0.3, -0.25) is 0 Å². The molecule has 0 aliphatic carbocycles. The Morgan fingerprint density at radius 1 is 1.50 bits per heavy atom. The van der Waals surface area contributed by atoms with Gasteiger partial charge in [0.2, 0.25) is 0 Å². The summed E-state index contributed by atoms with van der Waals surface area (Å²) >= 11 is 3.57. The van der Waals surface area contributed by atoms with Crippen molar-refractivity contribution in [1.29, 1.82) is 0 Å². The molecule has 1 heterocycles. The molecule has 1 aromatic carbocycles. The van der Waals surface area contributed by atoms with Gasteiger partial charge in [0, 0.05) is 12.5 Å². The third-order valence-corrected chi connectivity index (χ3v) is 4.07. The molecule has 0 aromatic heterocycles. The van der Waals surface area contributed by atoms with Crippen LogP contribution in [0, 0.1) is 0 Å². The molecular weight excluding hydrogens is 322 g/mol. The fourth-order valence-electron chi connectivity index (χ4n) is 2.23. The first-order valence-electron chi connectivity index (χ1n) is 7.00. The summed E-state index contributed by atoms with van der Waals surface area (Å²) in [5.41, 5.74) is 7.16. The Balaban J connectivity index is 2.18. The highest BCUT2D eigenvalue weighted by atomic mass is 79.9. The van der Waals surface area contributed by atoms with Gasteiger partial charge in [-0.1, -0.05) is 6.92 Å². The number of hydrogen-bond donors (Lipinski definition) is 1. The van der Waals surface area contributed by atoms with Crippen molar-refractivity contribution in [3.63, 3.8) is 0 Å². The minimum absolute atomic E-state index is 0.101. The summed E-state index contributed by atoms with van der Waals surface area (Å²) in [7, 11) is 1.66. The Morgan fingerprint density at radius 3 is 2.90 bits per heavy atom. The van der Waals surface area contributed by atoms with Crippen molar-refractivity contribution in [1.82, 2.24) is 0 Å². The van der Waals surface area contributed by atoms with Crippen molar-refractivity contribution in [3.05, 3.63) is 22.2 Å². The molecule has 5 heteroatoms. The van der Waals surface area contributed by atoms with Crippen molar-refractivity contribution in [2.45, 2.75) is 38.3 Å². The fraction of sp³-hybridized carbons (Fsp3) is 0.600. The maximum Gasteiger partial charge on any atom is 0.175 e. The molecule has 2 atom stereocenters. The molecule has 4 nitrogen and oxygen atoms in total. The van der Waals surface area contributed by atoms with Crippen LogP contribution in [-0.4, -0.2) is 32.5 Å². The Hall–Kier alpha value is -0.780. The molecule has 0 bridgehead atoms. The van der Waals surface area contributed by atoms with Crippen LogP contribution in [0.3, 0.4) is 0 Å². The van der Waals surface area contributed by atoms with E-state index in [1.807, 2.05) is 6.07 Å². The maximum atomic E-state index is 6.01. The van der Waals surface area contributed by atoms with E-state index < -0.39 is 0 Å². The van der Waals surface area contributed by atoms with E-state index in [2.05, 4.69) is 28.9 Å². The molecule has 20 heavy (non-hydrogen) atoms. The summed E-state index contributed by atoms with van der Waals surface area (Å²) in [6.07, 6.45) is 2.80. The fourth-order valence-corrected chi connectivity index (χ4v) is 2.81. The van der Waals surface area contributed by atoms with Crippen LogP contribution in [0.5, 0.6) is 11.5 Å². The number of nitrogens with two attached hydrogens (primary N) is 1. The third-order valence-electron chi connectivity index (χ3n) is 3.48. The van der Waals surface area contributed by atoms with Gasteiger partial charge in [-0.2, -0.15) is 0 Å². The minimum atomic E-state index is 0.101. The van der Waals surface area contributed by atoms with Crippen molar-refractivity contribution in [3.8, 4) is 11.5 Å². The maximum absolute atomic E-state index is 6.01. The van der Waals surface area contributed by atoms with Gasteiger partial charge in [0.05, 0.1) is 24.8 Å². The Labute approximate surface area is 128 Å². The highest BCUT2D eigenvalue weighted by molar-refractivity contribution is 9.10. The summed E-state index contributed by atoms with van der Waals surface area (Å²) in [5.74, 6) is 1.49. The Bertz CT molecular complexity index is 447. The van der Waals surface area contributed by atoms with Crippen LogP contribution < -0.4 is 15.2 Å². The highest BCUT2D eigenvalue weighted by Gasteiger charge is 2.21. The van der Waals surface area contributed by atoms with Crippen molar-refractivity contribution >= 4 is 15.9 Å². The second-order valence-corrected chi connectivity index (χ2v) is 5.94. The van der Waals surface area contributed by atoms with Crippen LogP contribution in [0.1, 0.15) is 25.3 Å². The van der Waals surface area contributed by atoms with E-state index in [1.54, 1.807) is 7.11 Å². The zero-order valence-corrected chi connectivity index (χ0v) is 13.6. The second-order valence-electron chi connectivity index (χ2n) is 5.08. The summed E-state index contributed by atoms with van der Waals surface area (Å²) in [6.45, 7) is 3.49. The number of benzene rings is 1. The predicted molar refractivity (Wildman–Crippen MR) is 82.5 cm³/mol. The molecule has 2 N–H and O–H groups in total. The second kappa shape index (κ2) is 7.29. The van der Waals surface area contributed by atoms with Crippen LogP contribution >= 0.6 is 15.9 Å². The normalized spacial score (nSPS) is 19.9. The van der Waals surface area contributed by atoms with Crippen LogP contribution in [0.15, 0.2) is 16.6 Å². The number of halogens is 1. The van der Waals surface area contributed by atoms with E-state index in [0.29, 0.717) is 6.61 Å². The summed E-state index contributed by atoms with van der Waals surface area (Å²) < 4.78 is 17.7. The third kappa shape index (κ3) is 3.87. The average Bonchev–Trinajstić information content (AvgIpc) is 2.94. The topological polar surface area (TPSA) is 53.7 Å². The Kier molecular flexibility index (Phi) is 5.69. The van der Waals surface area contributed by atoms with Gasteiger partial charge in [0.1, 0.15) is 6.10 Å². The molecule has 0 saturated carbocycles. The van der Waals surface area contributed by atoms with Crippen LogP contribution in [0.4, 0.5) is 0 Å². The van der Waals surface area contributed by atoms with Gasteiger partial charge in [0.25, 0.3) is 0 Å². The van der Waals surface area contributed by atoms with Crippen molar-refractivity contribution in [2.24, 2.45) is 5.73 Å². The molecule has 0 amide bonds. The highest BCUT2D eigenvalue weighted by Crippen LogP contribution is 2.38. The molecular formula is C15H22BrNO3. The van der Waals surface area contributed by atoms with Crippen molar-refractivity contribution < 1.29 is 14.2 Å². The summed E-state index contributed by atoms with van der Waals surface area (Å²) in [5, 5.41) is 0. The molecule has 112 valence electrons. The quantitative estimate of drug-likeness (QED) is 0.862. The zero-order chi connectivity index (χ0) is 14.5. The lowest BCUT2D eigenvalue weighted by atomic mass is 10.0. The van der Waals surface area contributed by atoms with E-state index in [9.17, 15) is 0 Å². The van der Waals surface area contributed by atoms with Crippen LogP contribution in [-0.2, 0) is 11.2 Å². The largest absolute Gasteiger partial charge is 0.493 e. The monoisotopic (exact) mass is 343 g/mol. The zero-order valence-electron chi connectivity index (χ0n) is 12.0. The molecule has 2 unspecified atom stereocenters. The summed E-state index contributed by atoms with van der Waals surface area (Å²) in [4.78, 5) is 0. The number of methoxy groups -OCH3 is 1. The first kappa shape index (κ1) is 15.6.